The molecule has 4 heteroatoms. The summed E-state index contributed by atoms with van der Waals surface area (Å²) in [4.78, 5) is 4.71. The Balaban J connectivity index is 2.07. The minimum Gasteiger partial charge on any atom is -0.308 e. The molecule has 0 spiro atoms. The van der Waals surface area contributed by atoms with E-state index < -0.39 is 0 Å². The maximum Gasteiger partial charge on any atom is 0.230 e. The molecule has 0 saturated carbocycles. The van der Waals surface area contributed by atoms with E-state index in [4.69, 9.17) is 4.98 Å². The summed E-state index contributed by atoms with van der Waals surface area (Å²) >= 11 is 0. The lowest BCUT2D eigenvalue weighted by Crippen LogP contribution is -2.30. The zero-order chi connectivity index (χ0) is 13.7. The van der Waals surface area contributed by atoms with Gasteiger partial charge in [-0.3, -0.25) is 4.40 Å². The third kappa shape index (κ3) is 1.42. The van der Waals surface area contributed by atoms with Crippen LogP contribution in [0.25, 0.3) is 28.2 Å². The normalized spacial score (nSPS) is 11.5. The number of hydrogen-bond donors (Lipinski definition) is 0. The van der Waals surface area contributed by atoms with Crippen LogP contribution in [-0.4, -0.2) is 14.0 Å². The van der Waals surface area contributed by atoms with Gasteiger partial charge in [0.15, 0.2) is 6.20 Å². The molecule has 0 aliphatic heterocycles. The monoisotopic (exact) mass is 263 g/mol. The van der Waals surface area contributed by atoms with E-state index in [0.717, 1.165) is 22.5 Å². The molecule has 0 unspecified atom stereocenters. The second-order valence-electron chi connectivity index (χ2n) is 5.04. The summed E-state index contributed by atoms with van der Waals surface area (Å²) < 4.78 is 6.41. The van der Waals surface area contributed by atoms with Crippen molar-refractivity contribution in [2.45, 2.75) is 0 Å². The first-order chi connectivity index (χ1) is 9.75. The number of nitrogens with zero attached hydrogens (tertiary/aromatic N) is 4. The molecular weight excluding hydrogens is 248 g/mol. The number of rotatable bonds is 1. The molecule has 4 rings (SSSR count). The Hall–Kier alpha value is -2.62. The molecule has 20 heavy (non-hydrogen) atoms. The zero-order valence-electron chi connectivity index (χ0n) is 11.5. The average Bonchev–Trinajstić information content (AvgIpc) is 2.97. The Morgan fingerprint density at radius 3 is 2.70 bits per heavy atom. The van der Waals surface area contributed by atoms with Crippen LogP contribution in [0.15, 0.2) is 54.9 Å². The van der Waals surface area contributed by atoms with Crippen LogP contribution in [0.5, 0.6) is 0 Å². The van der Waals surface area contributed by atoms with Gasteiger partial charge in [0.05, 0.1) is 11.0 Å². The topological polar surface area (TPSA) is 26.1 Å². The van der Waals surface area contributed by atoms with Crippen molar-refractivity contribution in [1.29, 1.82) is 0 Å². The lowest BCUT2D eigenvalue weighted by atomic mass is 10.2. The third-order valence-corrected chi connectivity index (χ3v) is 3.81. The second-order valence-corrected chi connectivity index (χ2v) is 5.04. The highest BCUT2D eigenvalue weighted by atomic mass is 15.2. The smallest absolute Gasteiger partial charge is 0.230 e. The van der Waals surface area contributed by atoms with Gasteiger partial charge >= 0.3 is 0 Å². The highest BCUT2D eigenvalue weighted by Gasteiger charge is 2.17. The summed E-state index contributed by atoms with van der Waals surface area (Å²) in [5, 5.41) is 0. The van der Waals surface area contributed by atoms with E-state index in [2.05, 4.69) is 58.2 Å². The van der Waals surface area contributed by atoms with Gasteiger partial charge in [-0.1, -0.05) is 12.1 Å². The molecule has 0 amide bonds. The predicted octanol–water partition coefficient (Wildman–Crippen LogP) is 2.32. The van der Waals surface area contributed by atoms with E-state index in [9.17, 15) is 0 Å². The first-order valence-corrected chi connectivity index (χ1v) is 6.63. The largest absolute Gasteiger partial charge is 0.308 e. The first-order valence-electron chi connectivity index (χ1n) is 6.63. The van der Waals surface area contributed by atoms with Gasteiger partial charge in [-0.05, 0) is 18.2 Å². The molecule has 4 aromatic rings. The molecule has 0 fully saturated rings. The van der Waals surface area contributed by atoms with Crippen molar-refractivity contribution in [2.75, 3.05) is 0 Å². The minimum atomic E-state index is 0.963. The fraction of sp³-hybridized carbons (Fsp3) is 0.125. The van der Waals surface area contributed by atoms with Gasteiger partial charge in [0.25, 0.3) is 0 Å². The van der Waals surface area contributed by atoms with Gasteiger partial charge in [-0.25, -0.2) is 4.98 Å². The number of fused-ring (bicyclic) bond motifs is 3. The van der Waals surface area contributed by atoms with E-state index in [1.165, 1.54) is 5.69 Å². The maximum atomic E-state index is 4.71. The number of para-hydroxylation sites is 2. The van der Waals surface area contributed by atoms with Crippen molar-refractivity contribution < 1.29 is 4.57 Å². The summed E-state index contributed by atoms with van der Waals surface area (Å²) in [5.41, 5.74) is 4.50. The van der Waals surface area contributed by atoms with Crippen LogP contribution < -0.4 is 4.57 Å². The standard InChI is InChI=1S/C16H15N4/c1-18-10-6-5-9-14(18)15-11-20-13-8-4-3-7-12(13)17-16(20)19(15)2/h3-11H,1-2H3/q+1. The van der Waals surface area contributed by atoms with Crippen LogP contribution in [0.3, 0.4) is 0 Å². The van der Waals surface area contributed by atoms with Gasteiger partial charge in [0.1, 0.15) is 12.7 Å². The fourth-order valence-corrected chi connectivity index (χ4v) is 2.74. The summed E-state index contributed by atoms with van der Waals surface area (Å²) in [5.74, 6) is 0.963. The van der Waals surface area contributed by atoms with Gasteiger partial charge in [0, 0.05) is 25.4 Å². The number of benzene rings is 1. The molecule has 0 radical (unpaired) electrons. The maximum absolute atomic E-state index is 4.71. The number of aryl methyl sites for hydroxylation is 2. The van der Waals surface area contributed by atoms with Gasteiger partial charge in [-0.15, -0.1) is 0 Å². The molecule has 1 aromatic carbocycles. The van der Waals surface area contributed by atoms with Crippen LogP contribution >= 0.6 is 0 Å². The Labute approximate surface area is 116 Å². The highest BCUT2D eigenvalue weighted by Crippen LogP contribution is 2.23. The number of aromatic nitrogens is 4. The van der Waals surface area contributed by atoms with Crippen molar-refractivity contribution in [1.82, 2.24) is 14.0 Å². The Morgan fingerprint density at radius 2 is 1.85 bits per heavy atom. The molecule has 0 saturated heterocycles. The van der Waals surface area contributed by atoms with Gasteiger partial charge < -0.3 is 4.57 Å². The van der Waals surface area contributed by atoms with Gasteiger partial charge in [0.2, 0.25) is 11.5 Å². The SMILES string of the molecule is Cn1c(-c2cccc[n+]2C)cn2c3ccccc3nc12. The minimum absolute atomic E-state index is 0.963. The van der Waals surface area contributed by atoms with Crippen molar-refractivity contribution >= 4 is 16.8 Å². The summed E-state index contributed by atoms with van der Waals surface area (Å²) in [6.45, 7) is 0. The summed E-state index contributed by atoms with van der Waals surface area (Å²) in [6, 6.07) is 14.4. The molecule has 4 nitrogen and oxygen atoms in total. The molecule has 3 aromatic heterocycles. The Kier molecular flexibility index (Phi) is 2.21. The second kappa shape index (κ2) is 3.93. The van der Waals surface area contributed by atoms with E-state index >= 15 is 0 Å². The number of imidazole rings is 2. The quantitative estimate of drug-likeness (QED) is 0.484. The number of hydrogen-bond acceptors (Lipinski definition) is 1. The van der Waals surface area contributed by atoms with Crippen molar-refractivity contribution in [3.63, 3.8) is 0 Å². The van der Waals surface area contributed by atoms with Crippen molar-refractivity contribution in [3.8, 4) is 11.4 Å². The lowest BCUT2D eigenvalue weighted by molar-refractivity contribution is -0.660. The van der Waals surface area contributed by atoms with Gasteiger partial charge in [-0.2, -0.15) is 4.57 Å². The molecule has 0 N–H and O–H groups in total. The Morgan fingerprint density at radius 1 is 1.05 bits per heavy atom. The van der Waals surface area contributed by atoms with E-state index in [0.29, 0.717) is 0 Å². The Bertz CT molecular complexity index is 930. The molecule has 98 valence electrons. The third-order valence-electron chi connectivity index (χ3n) is 3.81. The van der Waals surface area contributed by atoms with E-state index in [1.54, 1.807) is 0 Å². The highest BCUT2D eigenvalue weighted by molar-refractivity contribution is 5.80. The lowest BCUT2D eigenvalue weighted by Gasteiger charge is -2.00. The van der Waals surface area contributed by atoms with E-state index in [-0.39, 0.29) is 0 Å². The molecule has 0 atom stereocenters. The van der Waals surface area contributed by atoms with Crippen LogP contribution in [0.1, 0.15) is 0 Å². The molecular formula is C16H15N4+. The molecule has 0 aliphatic carbocycles. The first kappa shape index (κ1) is 11.2. The fourth-order valence-electron chi connectivity index (χ4n) is 2.74. The average molecular weight is 263 g/mol. The van der Waals surface area contributed by atoms with Crippen molar-refractivity contribution in [2.24, 2.45) is 14.1 Å². The van der Waals surface area contributed by atoms with Crippen molar-refractivity contribution in [3.05, 3.63) is 54.9 Å². The molecule has 3 heterocycles. The molecule has 0 bridgehead atoms. The van der Waals surface area contributed by atoms with Crippen LogP contribution in [0.2, 0.25) is 0 Å². The van der Waals surface area contributed by atoms with Crippen LogP contribution in [0, 0.1) is 0 Å². The summed E-state index contributed by atoms with van der Waals surface area (Å²) in [6.07, 6.45) is 4.21. The number of pyridine rings is 1. The predicted molar refractivity (Wildman–Crippen MR) is 78.3 cm³/mol. The molecule has 0 aliphatic rings. The zero-order valence-corrected chi connectivity index (χ0v) is 11.5. The van der Waals surface area contributed by atoms with Crippen LogP contribution in [-0.2, 0) is 14.1 Å². The van der Waals surface area contributed by atoms with E-state index in [1.807, 2.05) is 24.3 Å². The van der Waals surface area contributed by atoms with Crippen LogP contribution in [0.4, 0.5) is 0 Å². The summed E-state index contributed by atoms with van der Waals surface area (Å²) in [7, 11) is 4.12.